The Labute approximate surface area is 91.3 Å². The fourth-order valence-corrected chi connectivity index (χ4v) is 2.62. The molecule has 0 atom stereocenters. The summed E-state index contributed by atoms with van der Waals surface area (Å²) in [5.41, 5.74) is 0. The third kappa shape index (κ3) is 4.03. The van der Waals surface area contributed by atoms with Gasteiger partial charge in [0, 0.05) is 0 Å². The molecule has 75 valence electrons. The second kappa shape index (κ2) is 5.94. The first-order chi connectivity index (χ1) is 6.70. The van der Waals surface area contributed by atoms with Crippen molar-refractivity contribution in [1.29, 1.82) is 5.41 Å². The molecule has 4 heteroatoms. The number of nitrogens with zero attached hydrogens (tertiary/aromatic N) is 1. The van der Waals surface area contributed by atoms with Crippen molar-refractivity contribution >= 4 is 12.2 Å². The summed E-state index contributed by atoms with van der Waals surface area (Å²) in [4.78, 5) is 3.58. The summed E-state index contributed by atoms with van der Waals surface area (Å²) in [7, 11) is 0. The number of aliphatic imine (C=N–C) groups is 1. The Morgan fingerprint density at radius 3 is 2.50 bits per heavy atom. The van der Waals surface area contributed by atoms with E-state index in [0.29, 0.717) is 12.4 Å². The van der Waals surface area contributed by atoms with Crippen molar-refractivity contribution < 1.29 is 17.9 Å². The second-order valence-corrected chi connectivity index (χ2v) is 7.54. The zero-order valence-corrected chi connectivity index (χ0v) is 10.2. The van der Waals surface area contributed by atoms with Gasteiger partial charge in [0.2, 0.25) is 0 Å². The van der Waals surface area contributed by atoms with E-state index in [1.54, 1.807) is 3.88 Å². The van der Waals surface area contributed by atoms with Crippen LogP contribution < -0.4 is 5.32 Å². The average Bonchev–Trinajstić information content (AvgIpc) is 2.75. The summed E-state index contributed by atoms with van der Waals surface area (Å²) >= 11 is -0.657. The van der Waals surface area contributed by atoms with Crippen LogP contribution in [0.5, 0.6) is 0 Å². The van der Waals surface area contributed by atoms with Crippen LogP contribution in [0.25, 0.3) is 0 Å². The topological polar surface area (TPSA) is 48.2 Å². The summed E-state index contributed by atoms with van der Waals surface area (Å²) in [6.45, 7) is 0.597. The van der Waals surface area contributed by atoms with Gasteiger partial charge in [-0.2, -0.15) is 0 Å². The molecule has 0 saturated carbocycles. The van der Waals surface area contributed by atoms with E-state index in [0.717, 1.165) is 0 Å². The molecule has 0 aromatic carbocycles. The molecule has 14 heavy (non-hydrogen) atoms. The average molecular weight is 226 g/mol. The van der Waals surface area contributed by atoms with Gasteiger partial charge in [0.15, 0.2) is 0 Å². The van der Waals surface area contributed by atoms with Crippen molar-refractivity contribution in [2.45, 2.75) is 16.9 Å². The number of rotatable bonds is 1. The molecule has 2 rings (SSSR count). The molecule has 0 saturated heterocycles. The molecular formula is C10H16N3Ti. The predicted octanol–water partition coefficient (Wildman–Crippen LogP) is 2.14. The molecule has 1 aliphatic heterocycles. The van der Waals surface area contributed by atoms with E-state index < -0.39 is 17.9 Å². The van der Waals surface area contributed by atoms with Crippen LogP contribution in [0.3, 0.4) is 0 Å². The normalized spacial score (nSPS) is 17.3. The van der Waals surface area contributed by atoms with Crippen molar-refractivity contribution in [2.24, 2.45) is 4.99 Å². The molecule has 1 aliphatic carbocycles. The third-order valence-electron chi connectivity index (χ3n) is 1.99. The number of hydrogen-bond donors (Lipinski definition) is 2. The molecule has 0 aromatic rings. The Hall–Kier alpha value is -0.666. The molecular weight excluding hydrogens is 210 g/mol. The maximum absolute atomic E-state index is 6.79. The Bertz CT molecular complexity index is 290. The molecule has 0 radical (unpaired) electrons. The van der Waals surface area contributed by atoms with Gasteiger partial charge in [0.05, 0.1) is 12.9 Å². The Morgan fingerprint density at radius 2 is 2.29 bits per heavy atom. The van der Waals surface area contributed by atoms with Crippen LogP contribution in [-0.2, 0) is 17.9 Å². The SMILES string of the molecule is N=C1CNC=N1.[CH3][Ti]([CH3])[C]1=CC=CC1. The van der Waals surface area contributed by atoms with E-state index in [4.69, 9.17) is 5.41 Å². The molecule has 2 aliphatic rings. The number of amidine groups is 1. The fraction of sp³-hybridized carbons (Fsp3) is 0.400. The van der Waals surface area contributed by atoms with Crippen molar-refractivity contribution in [2.75, 3.05) is 6.54 Å². The molecule has 1 heterocycles. The molecule has 0 unspecified atom stereocenters. The van der Waals surface area contributed by atoms with Crippen molar-refractivity contribution in [3.05, 3.63) is 22.1 Å². The van der Waals surface area contributed by atoms with Crippen LogP contribution in [0.4, 0.5) is 0 Å². The van der Waals surface area contributed by atoms with Gasteiger partial charge in [-0.05, 0) is 0 Å². The van der Waals surface area contributed by atoms with Gasteiger partial charge in [-0.1, -0.05) is 0 Å². The first-order valence-electron chi connectivity index (χ1n) is 4.69. The summed E-state index contributed by atoms with van der Waals surface area (Å²) in [6.07, 6.45) is 9.49. The number of hydrogen-bond acceptors (Lipinski definition) is 2. The maximum atomic E-state index is 6.79. The standard InChI is InChI=1S/C5H5.C3H5N3.2CH3.Ti/c1-2-4-5-3-1;4-3-1-5-2-6-3;;;/h1-3H,4H2;2H,1H2,(H2,4,5,6);2*1H3;. The molecule has 0 fully saturated rings. The zero-order chi connectivity index (χ0) is 10.4. The Kier molecular flexibility index (Phi) is 4.84. The van der Waals surface area contributed by atoms with Crippen molar-refractivity contribution in [1.82, 2.24) is 5.32 Å². The summed E-state index contributed by atoms with van der Waals surface area (Å²) < 4.78 is 1.73. The van der Waals surface area contributed by atoms with E-state index >= 15 is 0 Å². The van der Waals surface area contributed by atoms with Gasteiger partial charge in [0.1, 0.15) is 5.84 Å². The first kappa shape index (κ1) is 11.4. The van der Waals surface area contributed by atoms with E-state index in [-0.39, 0.29) is 0 Å². The van der Waals surface area contributed by atoms with E-state index in [1.165, 1.54) is 12.8 Å². The zero-order valence-electron chi connectivity index (χ0n) is 8.67. The molecule has 3 nitrogen and oxygen atoms in total. The molecule has 0 spiro atoms. The van der Waals surface area contributed by atoms with Crippen LogP contribution >= 0.6 is 0 Å². The molecule has 0 aromatic heterocycles. The molecule has 0 amide bonds. The Balaban J connectivity index is 0.000000146. The summed E-state index contributed by atoms with van der Waals surface area (Å²) in [5, 5.41) is 14.3. The Morgan fingerprint density at radius 1 is 1.50 bits per heavy atom. The monoisotopic (exact) mass is 226 g/mol. The minimum atomic E-state index is -0.657. The van der Waals surface area contributed by atoms with Crippen LogP contribution in [0.1, 0.15) is 6.42 Å². The van der Waals surface area contributed by atoms with Crippen LogP contribution in [-0.4, -0.2) is 18.7 Å². The van der Waals surface area contributed by atoms with Crippen LogP contribution in [0.15, 0.2) is 27.1 Å². The summed E-state index contributed by atoms with van der Waals surface area (Å²) in [6, 6.07) is 0. The summed E-state index contributed by atoms with van der Waals surface area (Å²) in [5.74, 6) is 0.412. The second-order valence-electron chi connectivity index (χ2n) is 3.41. The number of nitrogens with one attached hydrogen (secondary N) is 2. The van der Waals surface area contributed by atoms with Crippen molar-refractivity contribution in [3.63, 3.8) is 0 Å². The van der Waals surface area contributed by atoms with Crippen LogP contribution in [0.2, 0.25) is 10.5 Å². The van der Waals surface area contributed by atoms with Gasteiger partial charge < -0.3 is 5.32 Å². The predicted molar refractivity (Wildman–Crippen MR) is 57.8 cm³/mol. The van der Waals surface area contributed by atoms with E-state index in [1.807, 2.05) is 0 Å². The van der Waals surface area contributed by atoms with E-state index in [9.17, 15) is 0 Å². The van der Waals surface area contributed by atoms with Gasteiger partial charge in [-0.3, -0.25) is 5.41 Å². The first-order valence-corrected chi connectivity index (χ1v) is 8.60. The fourth-order valence-electron chi connectivity index (χ4n) is 1.13. The molecule has 0 bridgehead atoms. The number of allylic oxidation sites excluding steroid dienone is 4. The van der Waals surface area contributed by atoms with Gasteiger partial charge in [-0.25, -0.2) is 4.99 Å². The van der Waals surface area contributed by atoms with Crippen LogP contribution in [0, 0.1) is 5.41 Å². The molecule has 2 N–H and O–H groups in total. The van der Waals surface area contributed by atoms with E-state index in [2.05, 4.69) is 39.0 Å². The minimum absolute atomic E-state index is 0.412. The van der Waals surface area contributed by atoms with Gasteiger partial charge in [-0.15, -0.1) is 0 Å². The van der Waals surface area contributed by atoms with Gasteiger partial charge in [0.25, 0.3) is 0 Å². The third-order valence-corrected chi connectivity index (χ3v) is 4.58. The van der Waals surface area contributed by atoms with Crippen molar-refractivity contribution in [3.8, 4) is 0 Å². The quantitative estimate of drug-likeness (QED) is 0.661. The van der Waals surface area contributed by atoms with Gasteiger partial charge >= 0.3 is 56.9 Å².